The predicted molar refractivity (Wildman–Crippen MR) is 99.3 cm³/mol. The number of rotatable bonds is 3. The van der Waals surface area contributed by atoms with Crippen molar-refractivity contribution in [3.63, 3.8) is 0 Å². The number of hydrogen-bond donors (Lipinski definition) is 1. The highest BCUT2D eigenvalue weighted by Crippen LogP contribution is 2.33. The molecule has 0 aromatic heterocycles. The third kappa shape index (κ3) is 7.31. The topological polar surface area (TPSA) is 20.2 Å². The molecule has 0 amide bonds. The van der Waals surface area contributed by atoms with Gasteiger partial charge in [0.2, 0.25) is 0 Å². The van der Waals surface area contributed by atoms with Crippen LogP contribution in [0.4, 0.5) is 0 Å². The molecular weight excluding hydrogens is 268 g/mol. The van der Waals surface area contributed by atoms with Gasteiger partial charge in [0.1, 0.15) is 5.76 Å². The normalized spacial score (nSPS) is 12.8. The summed E-state index contributed by atoms with van der Waals surface area (Å²) < 4.78 is 0. The first-order valence-electron chi connectivity index (χ1n) is 7.82. The van der Waals surface area contributed by atoms with Crippen molar-refractivity contribution in [2.45, 2.75) is 54.4 Å². The Morgan fingerprint density at radius 1 is 1.09 bits per heavy atom. The van der Waals surface area contributed by atoms with E-state index in [1.165, 1.54) is 5.56 Å². The second-order valence-electron chi connectivity index (χ2n) is 6.93. The maximum Gasteiger partial charge on any atom is 0.117 e. The van der Waals surface area contributed by atoms with E-state index in [1.807, 2.05) is 20.8 Å². The Labute approximate surface area is 137 Å². The van der Waals surface area contributed by atoms with Gasteiger partial charge in [-0.05, 0) is 48.8 Å². The number of benzene rings is 1. The molecule has 1 aromatic rings. The van der Waals surface area contributed by atoms with E-state index < -0.39 is 0 Å². The van der Waals surface area contributed by atoms with Gasteiger partial charge in [0.25, 0.3) is 0 Å². The Hall–Kier alpha value is -1.76. The lowest BCUT2D eigenvalue weighted by Crippen LogP contribution is -2.14. The molecule has 0 aliphatic heterocycles. The summed E-state index contributed by atoms with van der Waals surface area (Å²) in [7, 11) is 0. The molecule has 0 fully saturated rings. The number of hydrogen-bond acceptors (Lipinski definition) is 1. The second-order valence-corrected chi connectivity index (χ2v) is 6.93. The van der Waals surface area contributed by atoms with Crippen LogP contribution in [0.2, 0.25) is 0 Å². The fourth-order valence-corrected chi connectivity index (χ4v) is 1.89. The van der Waals surface area contributed by atoms with E-state index in [4.69, 9.17) is 0 Å². The van der Waals surface area contributed by atoms with Gasteiger partial charge in [0.05, 0.1) is 0 Å². The van der Waals surface area contributed by atoms with Crippen LogP contribution in [0.1, 0.15) is 59.9 Å². The SMILES string of the molecule is C=C/C=C(/C)C(O)=C(C)C.CC(c1ccccc1)C(C)(C)C. The third-order valence-electron chi connectivity index (χ3n) is 3.81. The molecule has 1 rings (SSSR count). The van der Waals surface area contributed by atoms with E-state index in [2.05, 4.69) is 64.6 Å². The Morgan fingerprint density at radius 2 is 1.59 bits per heavy atom. The minimum absolute atomic E-state index is 0.361. The average molecular weight is 300 g/mol. The Kier molecular flexibility index (Phi) is 8.55. The summed E-state index contributed by atoms with van der Waals surface area (Å²) in [5.74, 6) is 0.985. The van der Waals surface area contributed by atoms with Crippen LogP contribution in [0.3, 0.4) is 0 Å². The van der Waals surface area contributed by atoms with Gasteiger partial charge in [0.15, 0.2) is 0 Å². The summed E-state index contributed by atoms with van der Waals surface area (Å²) in [5.41, 5.74) is 3.58. The summed E-state index contributed by atoms with van der Waals surface area (Å²) in [5, 5.41) is 9.29. The molecule has 0 radical (unpaired) electrons. The minimum atomic E-state index is 0.361. The first kappa shape index (κ1) is 20.2. The number of aliphatic hydroxyl groups is 1. The predicted octanol–water partition coefficient (Wildman–Crippen LogP) is 6.81. The molecule has 22 heavy (non-hydrogen) atoms. The fraction of sp³-hybridized carbons (Fsp3) is 0.429. The molecule has 1 N–H and O–H groups in total. The summed E-state index contributed by atoms with van der Waals surface area (Å²) in [6.07, 6.45) is 3.44. The van der Waals surface area contributed by atoms with Gasteiger partial charge in [-0.25, -0.2) is 0 Å². The maximum absolute atomic E-state index is 9.29. The molecular formula is C21H32O. The zero-order valence-electron chi connectivity index (χ0n) is 15.3. The zero-order chi connectivity index (χ0) is 17.3. The van der Waals surface area contributed by atoms with Gasteiger partial charge in [0, 0.05) is 0 Å². The molecule has 0 saturated carbocycles. The maximum atomic E-state index is 9.29. The van der Waals surface area contributed by atoms with Crippen molar-refractivity contribution in [2.75, 3.05) is 0 Å². The number of aliphatic hydroxyl groups excluding tert-OH is 1. The van der Waals surface area contributed by atoms with Crippen molar-refractivity contribution in [1.82, 2.24) is 0 Å². The van der Waals surface area contributed by atoms with E-state index in [9.17, 15) is 5.11 Å². The molecule has 0 spiro atoms. The van der Waals surface area contributed by atoms with Crippen molar-refractivity contribution in [3.8, 4) is 0 Å². The van der Waals surface area contributed by atoms with Crippen molar-refractivity contribution in [3.05, 3.63) is 71.5 Å². The summed E-state index contributed by atoms with van der Waals surface area (Å²) in [6.45, 7) is 18.3. The molecule has 0 aliphatic carbocycles. The third-order valence-corrected chi connectivity index (χ3v) is 3.81. The standard InChI is InChI=1S/C12H18.C9H14O/c1-10(12(2,3)4)11-8-6-5-7-9-11;1-5-6-8(4)9(10)7(2)3/h5-10H,1-4H3;5-6,10H,1H2,2-4H3/b;8-6-. The van der Waals surface area contributed by atoms with Crippen LogP contribution in [0.15, 0.2) is 66.0 Å². The molecule has 1 unspecified atom stereocenters. The van der Waals surface area contributed by atoms with Gasteiger partial charge >= 0.3 is 0 Å². The van der Waals surface area contributed by atoms with Crippen molar-refractivity contribution < 1.29 is 5.11 Å². The average Bonchev–Trinajstić information content (AvgIpc) is 2.46. The van der Waals surface area contributed by atoms with Crippen LogP contribution < -0.4 is 0 Å². The molecule has 0 saturated heterocycles. The minimum Gasteiger partial charge on any atom is -0.508 e. The van der Waals surface area contributed by atoms with Gasteiger partial charge in [-0.1, -0.05) is 76.8 Å². The lowest BCUT2D eigenvalue weighted by atomic mass is 9.78. The van der Waals surface area contributed by atoms with Gasteiger partial charge in [-0.3, -0.25) is 0 Å². The van der Waals surface area contributed by atoms with E-state index >= 15 is 0 Å². The van der Waals surface area contributed by atoms with E-state index in [0.29, 0.717) is 17.1 Å². The largest absolute Gasteiger partial charge is 0.508 e. The van der Waals surface area contributed by atoms with Gasteiger partial charge in [-0.15, -0.1) is 0 Å². The van der Waals surface area contributed by atoms with Crippen LogP contribution in [0.25, 0.3) is 0 Å². The van der Waals surface area contributed by atoms with Crippen LogP contribution in [0.5, 0.6) is 0 Å². The molecule has 0 bridgehead atoms. The monoisotopic (exact) mass is 300 g/mol. The smallest absolute Gasteiger partial charge is 0.117 e. The van der Waals surface area contributed by atoms with E-state index in [1.54, 1.807) is 12.2 Å². The van der Waals surface area contributed by atoms with Crippen LogP contribution in [-0.2, 0) is 0 Å². The van der Waals surface area contributed by atoms with E-state index in [0.717, 1.165) is 11.1 Å². The summed E-state index contributed by atoms with van der Waals surface area (Å²) >= 11 is 0. The van der Waals surface area contributed by atoms with Crippen molar-refractivity contribution in [1.29, 1.82) is 0 Å². The summed E-state index contributed by atoms with van der Waals surface area (Å²) in [4.78, 5) is 0. The highest BCUT2D eigenvalue weighted by atomic mass is 16.3. The molecule has 1 atom stereocenters. The number of allylic oxidation sites excluding steroid dienone is 4. The Bertz CT molecular complexity index is 509. The molecule has 122 valence electrons. The molecule has 0 aliphatic rings. The zero-order valence-corrected chi connectivity index (χ0v) is 15.3. The first-order chi connectivity index (χ1) is 10.1. The first-order valence-corrected chi connectivity index (χ1v) is 7.82. The van der Waals surface area contributed by atoms with Crippen LogP contribution in [-0.4, -0.2) is 5.11 Å². The van der Waals surface area contributed by atoms with Gasteiger partial charge in [-0.2, -0.15) is 0 Å². The summed E-state index contributed by atoms with van der Waals surface area (Å²) in [6, 6.07) is 10.7. The van der Waals surface area contributed by atoms with Crippen LogP contribution in [0, 0.1) is 5.41 Å². The Balaban J connectivity index is 0.000000409. The lowest BCUT2D eigenvalue weighted by molar-refractivity contribution is 0.339. The van der Waals surface area contributed by atoms with Crippen LogP contribution >= 0.6 is 0 Å². The van der Waals surface area contributed by atoms with Gasteiger partial charge < -0.3 is 5.11 Å². The highest BCUT2D eigenvalue weighted by Gasteiger charge is 2.20. The molecule has 1 aromatic carbocycles. The molecule has 1 heteroatoms. The lowest BCUT2D eigenvalue weighted by Gasteiger charge is -2.27. The molecule has 0 heterocycles. The Morgan fingerprint density at radius 3 is 1.95 bits per heavy atom. The molecule has 1 nitrogen and oxygen atoms in total. The van der Waals surface area contributed by atoms with Crippen molar-refractivity contribution in [2.24, 2.45) is 5.41 Å². The fourth-order valence-electron chi connectivity index (χ4n) is 1.89. The van der Waals surface area contributed by atoms with E-state index in [-0.39, 0.29) is 0 Å². The quantitative estimate of drug-likeness (QED) is 0.480. The highest BCUT2D eigenvalue weighted by molar-refractivity contribution is 5.28. The van der Waals surface area contributed by atoms with Crippen molar-refractivity contribution >= 4 is 0 Å². The second kappa shape index (κ2) is 9.30.